The van der Waals surface area contributed by atoms with Crippen molar-refractivity contribution in [3.05, 3.63) is 58.9 Å². The van der Waals surface area contributed by atoms with Gasteiger partial charge in [-0.1, -0.05) is 12.1 Å². The number of nitrogens with one attached hydrogen (secondary N) is 1. The minimum Gasteiger partial charge on any atom is -0.325 e. The molecule has 1 unspecified atom stereocenters. The van der Waals surface area contributed by atoms with Crippen LogP contribution in [0.4, 0.5) is 10.1 Å². The summed E-state index contributed by atoms with van der Waals surface area (Å²) in [5.74, 6) is -0.519. The fraction of sp³-hybridized carbons (Fsp3) is 0.350. The van der Waals surface area contributed by atoms with Gasteiger partial charge in [0, 0.05) is 11.7 Å². The minimum absolute atomic E-state index is 0.0312. The zero-order valence-corrected chi connectivity index (χ0v) is 16.7. The number of sulfonamides is 1. The topological polar surface area (TPSA) is 92.5 Å². The number of nitrogens with two attached hydrogens (primary N) is 1. The van der Waals surface area contributed by atoms with E-state index in [9.17, 15) is 17.6 Å². The van der Waals surface area contributed by atoms with Gasteiger partial charge in [-0.15, -0.1) is 0 Å². The highest BCUT2D eigenvalue weighted by molar-refractivity contribution is 7.89. The third-order valence-electron chi connectivity index (χ3n) is 5.21. The molecule has 1 saturated heterocycles. The molecule has 2 aromatic carbocycles. The second-order valence-electron chi connectivity index (χ2n) is 7.19. The first kappa shape index (κ1) is 20.4. The highest BCUT2D eigenvalue weighted by Crippen LogP contribution is 2.32. The van der Waals surface area contributed by atoms with E-state index >= 15 is 0 Å². The molecule has 28 heavy (non-hydrogen) atoms. The lowest BCUT2D eigenvalue weighted by Gasteiger charge is -2.24. The number of anilines is 1. The van der Waals surface area contributed by atoms with E-state index < -0.39 is 10.0 Å². The third kappa shape index (κ3) is 4.57. The van der Waals surface area contributed by atoms with Crippen LogP contribution < -0.4 is 10.5 Å². The van der Waals surface area contributed by atoms with Crippen LogP contribution in [0.15, 0.2) is 41.3 Å². The van der Waals surface area contributed by atoms with Gasteiger partial charge in [-0.05, 0) is 74.2 Å². The minimum atomic E-state index is -3.86. The molecule has 0 bridgehead atoms. The summed E-state index contributed by atoms with van der Waals surface area (Å²) in [4.78, 5) is 14.6. The summed E-state index contributed by atoms with van der Waals surface area (Å²) in [7, 11) is -3.86. The molecule has 1 aliphatic rings. The van der Waals surface area contributed by atoms with Gasteiger partial charge in [0.1, 0.15) is 5.82 Å². The zero-order valence-electron chi connectivity index (χ0n) is 15.9. The van der Waals surface area contributed by atoms with E-state index in [4.69, 9.17) is 5.14 Å². The number of hydrogen-bond acceptors (Lipinski definition) is 4. The third-order valence-corrected chi connectivity index (χ3v) is 6.10. The van der Waals surface area contributed by atoms with Gasteiger partial charge in [-0.2, -0.15) is 0 Å². The Morgan fingerprint density at radius 3 is 2.57 bits per heavy atom. The molecule has 1 aliphatic heterocycles. The Hall–Kier alpha value is -2.29. The quantitative estimate of drug-likeness (QED) is 0.800. The van der Waals surface area contributed by atoms with Crippen LogP contribution >= 0.6 is 0 Å². The van der Waals surface area contributed by atoms with Crippen LogP contribution in [0.1, 0.15) is 35.6 Å². The summed E-state index contributed by atoms with van der Waals surface area (Å²) < 4.78 is 36.5. The van der Waals surface area contributed by atoms with Crippen LogP contribution in [0.5, 0.6) is 0 Å². The maximum Gasteiger partial charge on any atom is 0.238 e. The van der Waals surface area contributed by atoms with Crippen molar-refractivity contribution in [2.75, 3.05) is 18.4 Å². The molecular formula is C20H24FN3O3S. The van der Waals surface area contributed by atoms with Gasteiger partial charge in [0.05, 0.1) is 11.4 Å². The fourth-order valence-corrected chi connectivity index (χ4v) is 4.20. The lowest BCUT2D eigenvalue weighted by Crippen LogP contribution is -2.33. The predicted molar refractivity (Wildman–Crippen MR) is 106 cm³/mol. The van der Waals surface area contributed by atoms with Crippen molar-refractivity contribution in [1.82, 2.24) is 4.90 Å². The van der Waals surface area contributed by atoms with Gasteiger partial charge in [0.15, 0.2) is 0 Å². The normalized spacial score (nSPS) is 17.6. The highest BCUT2D eigenvalue weighted by atomic mass is 32.2. The maximum atomic E-state index is 13.2. The van der Waals surface area contributed by atoms with E-state index in [2.05, 4.69) is 5.32 Å². The van der Waals surface area contributed by atoms with Gasteiger partial charge in [0.2, 0.25) is 15.9 Å². The Morgan fingerprint density at radius 2 is 1.93 bits per heavy atom. The first-order valence-corrected chi connectivity index (χ1v) is 10.6. The fourth-order valence-electron chi connectivity index (χ4n) is 3.57. The first-order chi connectivity index (χ1) is 13.1. The van der Waals surface area contributed by atoms with Crippen LogP contribution in [0.25, 0.3) is 0 Å². The van der Waals surface area contributed by atoms with Crippen molar-refractivity contribution in [2.45, 2.75) is 37.6 Å². The summed E-state index contributed by atoms with van der Waals surface area (Å²) in [6.07, 6.45) is 1.85. The SMILES string of the molecule is Cc1cc(S(N)(=O)=O)cc(NC(=O)CN2CCCC2c2ccc(F)cc2)c1C. The van der Waals surface area contributed by atoms with Crippen molar-refractivity contribution in [3.63, 3.8) is 0 Å². The highest BCUT2D eigenvalue weighted by Gasteiger charge is 2.27. The van der Waals surface area contributed by atoms with Crippen LogP contribution in [0.3, 0.4) is 0 Å². The molecule has 0 aromatic heterocycles. The van der Waals surface area contributed by atoms with Gasteiger partial charge in [-0.25, -0.2) is 17.9 Å². The summed E-state index contributed by atoms with van der Waals surface area (Å²) in [5, 5.41) is 8.04. The van der Waals surface area contributed by atoms with E-state index in [1.807, 2.05) is 11.8 Å². The molecule has 1 amide bonds. The molecule has 8 heteroatoms. The molecule has 1 atom stereocenters. The number of benzene rings is 2. The summed E-state index contributed by atoms with van der Waals surface area (Å²) in [5.41, 5.74) is 2.94. The molecule has 1 fully saturated rings. The van der Waals surface area contributed by atoms with Gasteiger partial charge in [-0.3, -0.25) is 9.69 Å². The van der Waals surface area contributed by atoms with E-state index in [1.54, 1.807) is 19.1 Å². The molecule has 1 heterocycles. The number of rotatable bonds is 5. The molecule has 0 radical (unpaired) electrons. The molecule has 3 rings (SSSR count). The smallest absolute Gasteiger partial charge is 0.238 e. The largest absolute Gasteiger partial charge is 0.325 e. The second-order valence-corrected chi connectivity index (χ2v) is 8.75. The number of carbonyl (C=O) groups is 1. The van der Waals surface area contributed by atoms with E-state index in [-0.39, 0.29) is 29.2 Å². The van der Waals surface area contributed by atoms with Gasteiger partial charge < -0.3 is 5.32 Å². The van der Waals surface area contributed by atoms with Crippen LogP contribution in [-0.2, 0) is 14.8 Å². The van der Waals surface area contributed by atoms with Crippen molar-refractivity contribution in [1.29, 1.82) is 0 Å². The number of aryl methyl sites for hydroxylation is 1. The average Bonchev–Trinajstić information content (AvgIpc) is 3.06. The lowest BCUT2D eigenvalue weighted by atomic mass is 10.0. The maximum absolute atomic E-state index is 13.2. The van der Waals surface area contributed by atoms with E-state index in [1.165, 1.54) is 24.3 Å². The Balaban J connectivity index is 1.75. The number of likely N-dealkylation sites (tertiary alicyclic amines) is 1. The van der Waals surface area contributed by atoms with E-state index in [0.717, 1.165) is 36.1 Å². The standard InChI is InChI=1S/C20H24FN3O3S/c1-13-10-17(28(22,26)27)11-18(14(13)2)23-20(25)12-24-9-3-4-19(24)15-5-7-16(21)8-6-15/h5-8,10-11,19H,3-4,9,12H2,1-2H3,(H,23,25)(H2,22,26,27). The zero-order chi connectivity index (χ0) is 20.5. The number of halogens is 1. The van der Waals surface area contributed by atoms with Crippen molar-refractivity contribution in [3.8, 4) is 0 Å². The first-order valence-electron chi connectivity index (χ1n) is 9.08. The average molecular weight is 405 g/mol. The van der Waals surface area contributed by atoms with E-state index in [0.29, 0.717) is 5.69 Å². The summed E-state index contributed by atoms with van der Waals surface area (Å²) >= 11 is 0. The van der Waals surface area contributed by atoms with Crippen LogP contribution in [-0.4, -0.2) is 32.3 Å². The van der Waals surface area contributed by atoms with Gasteiger partial charge in [0.25, 0.3) is 0 Å². The predicted octanol–water partition coefficient (Wildman–Crippen LogP) is 2.87. The second kappa shape index (κ2) is 7.98. The molecule has 150 valence electrons. The summed E-state index contributed by atoms with van der Waals surface area (Å²) in [6, 6.07) is 9.29. The van der Waals surface area contributed by atoms with Crippen molar-refractivity contribution < 1.29 is 17.6 Å². The molecule has 3 N–H and O–H groups in total. The molecule has 6 nitrogen and oxygen atoms in total. The molecule has 0 saturated carbocycles. The van der Waals surface area contributed by atoms with Crippen LogP contribution in [0.2, 0.25) is 0 Å². The van der Waals surface area contributed by atoms with Crippen LogP contribution in [0, 0.1) is 19.7 Å². The Bertz CT molecular complexity index is 991. The molecule has 2 aromatic rings. The Morgan fingerprint density at radius 1 is 1.25 bits per heavy atom. The monoisotopic (exact) mass is 405 g/mol. The summed E-state index contributed by atoms with van der Waals surface area (Å²) in [6.45, 7) is 4.52. The number of nitrogens with zero attached hydrogens (tertiary/aromatic N) is 1. The molecule has 0 aliphatic carbocycles. The van der Waals surface area contributed by atoms with Crippen molar-refractivity contribution >= 4 is 21.6 Å². The molecular weight excluding hydrogens is 381 g/mol. The molecule has 0 spiro atoms. The Labute approximate surface area is 164 Å². The Kier molecular flexibility index (Phi) is 5.83. The number of carbonyl (C=O) groups excluding carboxylic acids is 1. The number of amides is 1. The van der Waals surface area contributed by atoms with Gasteiger partial charge >= 0.3 is 0 Å². The van der Waals surface area contributed by atoms with Crippen molar-refractivity contribution in [2.24, 2.45) is 5.14 Å². The number of primary sulfonamides is 1. The lowest BCUT2D eigenvalue weighted by molar-refractivity contribution is -0.117. The number of hydrogen-bond donors (Lipinski definition) is 2.